The average Bonchev–Trinajstić information content (AvgIpc) is 3.07. The van der Waals surface area contributed by atoms with Crippen LogP contribution in [0.5, 0.6) is 5.75 Å². The number of aliphatic hydroxyl groups excluding tert-OH is 1. The van der Waals surface area contributed by atoms with E-state index in [9.17, 15) is 14.7 Å². The lowest BCUT2D eigenvalue weighted by Crippen LogP contribution is -2.32. The molecule has 0 spiro atoms. The zero-order valence-corrected chi connectivity index (χ0v) is 19.0. The smallest absolute Gasteiger partial charge is 0.295 e. The van der Waals surface area contributed by atoms with Gasteiger partial charge in [-0.2, -0.15) is 0 Å². The van der Waals surface area contributed by atoms with E-state index in [1.165, 1.54) is 4.90 Å². The summed E-state index contributed by atoms with van der Waals surface area (Å²) in [5.41, 5.74) is 2.45. The van der Waals surface area contributed by atoms with Crippen LogP contribution in [0.1, 0.15) is 49.4 Å². The number of carbonyl (C=O) groups excluding carboxylic acids is 2. The number of carbonyl (C=O) groups is 2. The molecule has 3 rings (SSSR count). The molecule has 6 heteroatoms. The van der Waals surface area contributed by atoms with Crippen molar-refractivity contribution < 1.29 is 24.2 Å². The third-order valence-corrected chi connectivity index (χ3v) is 5.65. The number of likely N-dealkylation sites (tertiary alicyclic amines) is 1. The first-order valence-electron chi connectivity index (χ1n) is 11.1. The SMILES string of the molecule is CCCCOc1cccc(/C(O)=C2\C(=O)C(=O)N(CCOC)C2c2ccc(CC)cc2)c1. The summed E-state index contributed by atoms with van der Waals surface area (Å²) in [4.78, 5) is 27.3. The monoisotopic (exact) mass is 437 g/mol. The molecule has 1 amide bonds. The number of hydrogen-bond donors (Lipinski definition) is 1. The van der Waals surface area contributed by atoms with Crippen molar-refractivity contribution in [3.63, 3.8) is 0 Å². The summed E-state index contributed by atoms with van der Waals surface area (Å²) < 4.78 is 10.9. The number of aryl methyl sites for hydroxylation is 1. The minimum Gasteiger partial charge on any atom is -0.507 e. The third kappa shape index (κ3) is 5.02. The van der Waals surface area contributed by atoms with E-state index in [1.54, 1.807) is 25.3 Å². The number of aliphatic hydroxyl groups is 1. The first-order chi connectivity index (χ1) is 15.5. The molecule has 0 aromatic heterocycles. The molecule has 1 atom stereocenters. The van der Waals surface area contributed by atoms with Gasteiger partial charge in [0, 0.05) is 19.2 Å². The van der Waals surface area contributed by atoms with Gasteiger partial charge in [-0.25, -0.2) is 0 Å². The molecule has 1 unspecified atom stereocenters. The van der Waals surface area contributed by atoms with Gasteiger partial charge in [0.05, 0.1) is 24.8 Å². The fourth-order valence-corrected chi connectivity index (χ4v) is 3.81. The van der Waals surface area contributed by atoms with Gasteiger partial charge in [-0.05, 0) is 36.1 Å². The first-order valence-corrected chi connectivity index (χ1v) is 11.1. The van der Waals surface area contributed by atoms with Crippen LogP contribution in [0, 0.1) is 0 Å². The lowest BCUT2D eigenvalue weighted by molar-refractivity contribution is -0.140. The van der Waals surface area contributed by atoms with Crippen LogP contribution in [0.15, 0.2) is 54.1 Å². The Morgan fingerprint density at radius 1 is 1.06 bits per heavy atom. The van der Waals surface area contributed by atoms with Crippen molar-refractivity contribution in [3.8, 4) is 5.75 Å². The van der Waals surface area contributed by atoms with Crippen LogP contribution < -0.4 is 4.74 Å². The van der Waals surface area contributed by atoms with Crippen molar-refractivity contribution in [2.45, 2.75) is 39.2 Å². The number of Topliss-reactive ketones (excluding diaryl/α,β-unsaturated/α-hetero) is 1. The van der Waals surface area contributed by atoms with E-state index < -0.39 is 17.7 Å². The molecule has 1 heterocycles. The first kappa shape index (κ1) is 23.5. The van der Waals surface area contributed by atoms with Crippen LogP contribution in [0.25, 0.3) is 5.76 Å². The Hall–Kier alpha value is -3.12. The van der Waals surface area contributed by atoms with Crippen LogP contribution in [0.4, 0.5) is 0 Å². The molecule has 2 aromatic rings. The summed E-state index contributed by atoms with van der Waals surface area (Å²) in [5, 5.41) is 11.2. The Kier molecular flexibility index (Phi) is 8.06. The highest BCUT2D eigenvalue weighted by molar-refractivity contribution is 6.46. The molecule has 0 saturated carbocycles. The summed E-state index contributed by atoms with van der Waals surface area (Å²) in [5.74, 6) is -0.919. The number of benzene rings is 2. The number of nitrogens with zero attached hydrogens (tertiary/aromatic N) is 1. The topological polar surface area (TPSA) is 76.1 Å². The lowest BCUT2D eigenvalue weighted by atomic mass is 9.94. The van der Waals surface area contributed by atoms with E-state index in [0.717, 1.165) is 30.4 Å². The van der Waals surface area contributed by atoms with Crippen molar-refractivity contribution in [3.05, 3.63) is 70.8 Å². The molecule has 0 radical (unpaired) electrons. The van der Waals surface area contributed by atoms with Gasteiger partial charge in [-0.3, -0.25) is 9.59 Å². The Balaban J connectivity index is 2.05. The maximum absolute atomic E-state index is 13.0. The predicted octanol–water partition coefficient (Wildman–Crippen LogP) is 4.50. The zero-order valence-electron chi connectivity index (χ0n) is 19.0. The molecular formula is C26H31NO5. The van der Waals surface area contributed by atoms with Gasteiger partial charge in [0.1, 0.15) is 11.5 Å². The quantitative estimate of drug-likeness (QED) is 0.256. The fourth-order valence-electron chi connectivity index (χ4n) is 3.81. The van der Waals surface area contributed by atoms with E-state index in [4.69, 9.17) is 9.47 Å². The molecule has 0 bridgehead atoms. The van der Waals surface area contributed by atoms with E-state index in [2.05, 4.69) is 13.8 Å². The highest BCUT2D eigenvalue weighted by atomic mass is 16.5. The molecule has 1 saturated heterocycles. The molecule has 2 aromatic carbocycles. The molecule has 32 heavy (non-hydrogen) atoms. The highest BCUT2D eigenvalue weighted by Gasteiger charge is 2.45. The standard InChI is InChI=1S/C26H31NO5/c1-4-6-15-32-21-9-7-8-20(17-21)24(28)22-23(19-12-10-18(5-2)11-13-19)27(14-16-31-3)26(30)25(22)29/h7-13,17,23,28H,4-6,14-16H2,1-3H3/b24-22+. The molecule has 170 valence electrons. The number of hydrogen-bond acceptors (Lipinski definition) is 5. The summed E-state index contributed by atoms with van der Waals surface area (Å²) in [6.07, 6.45) is 2.82. The van der Waals surface area contributed by atoms with E-state index in [1.807, 2.05) is 30.3 Å². The van der Waals surface area contributed by atoms with Gasteiger partial charge in [0.2, 0.25) is 0 Å². The van der Waals surface area contributed by atoms with Gasteiger partial charge in [0.25, 0.3) is 11.7 Å². The van der Waals surface area contributed by atoms with Crippen molar-refractivity contribution in [1.29, 1.82) is 0 Å². The summed E-state index contributed by atoms with van der Waals surface area (Å²) in [7, 11) is 1.55. The number of ether oxygens (including phenoxy) is 2. The summed E-state index contributed by atoms with van der Waals surface area (Å²) in [6, 6.07) is 14.1. The van der Waals surface area contributed by atoms with Gasteiger partial charge in [-0.15, -0.1) is 0 Å². The second-order valence-electron chi connectivity index (χ2n) is 7.81. The van der Waals surface area contributed by atoms with Gasteiger partial charge < -0.3 is 19.5 Å². The van der Waals surface area contributed by atoms with Gasteiger partial charge in [0.15, 0.2) is 0 Å². The number of rotatable bonds is 10. The molecule has 6 nitrogen and oxygen atoms in total. The van der Waals surface area contributed by atoms with Crippen molar-refractivity contribution >= 4 is 17.4 Å². The van der Waals surface area contributed by atoms with E-state index >= 15 is 0 Å². The number of amides is 1. The fraction of sp³-hybridized carbons (Fsp3) is 0.385. The van der Waals surface area contributed by atoms with Crippen LogP contribution in [-0.2, 0) is 20.7 Å². The number of methoxy groups -OCH3 is 1. The Labute approximate surface area is 189 Å². The average molecular weight is 438 g/mol. The minimum atomic E-state index is -0.694. The molecule has 1 aliphatic rings. The zero-order chi connectivity index (χ0) is 23.1. The normalized spacial score (nSPS) is 17.7. The Morgan fingerprint density at radius 3 is 2.47 bits per heavy atom. The van der Waals surface area contributed by atoms with E-state index in [0.29, 0.717) is 17.9 Å². The lowest BCUT2D eigenvalue weighted by Gasteiger charge is -2.25. The van der Waals surface area contributed by atoms with Gasteiger partial charge in [-0.1, -0.05) is 56.7 Å². The number of ketones is 1. The second kappa shape index (κ2) is 11.0. The molecule has 0 aliphatic carbocycles. The Bertz CT molecular complexity index is 980. The Morgan fingerprint density at radius 2 is 1.81 bits per heavy atom. The van der Waals surface area contributed by atoms with Crippen LogP contribution in [0.2, 0.25) is 0 Å². The highest BCUT2D eigenvalue weighted by Crippen LogP contribution is 2.39. The summed E-state index contributed by atoms with van der Waals surface area (Å²) in [6.45, 7) is 5.26. The van der Waals surface area contributed by atoms with E-state index in [-0.39, 0.29) is 24.5 Å². The molecule has 1 fully saturated rings. The van der Waals surface area contributed by atoms with Gasteiger partial charge >= 0.3 is 0 Å². The number of unbranched alkanes of at least 4 members (excludes halogenated alkanes) is 1. The molecule has 1 N–H and O–H groups in total. The minimum absolute atomic E-state index is 0.0843. The predicted molar refractivity (Wildman–Crippen MR) is 124 cm³/mol. The molecular weight excluding hydrogens is 406 g/mol. The second-order valence-corrected chi connectivity index (χ2v) is 7.81. The van der Waals surface area contributed by atoms with Crippen molar-refractivity contribution in [2.24, 2.45) is 0 Å². The van der Waals surface area contributed by atoms with Crippen LogP contribution >= 0.6 is 0 Å². The maximum atomic E-state index is 13.0. The van der Waals surface area contributed by atoms with Crippen molar-refractivity contribution in [2.75, 3.05) is 26.9 Å². The summed E-state index contributed by atoms with van der Waals surface area (Å²) >= 11 is 0. The largest absolute Gasteiger partial charge is 0.507 e. The molecule has 1 aliphatic heterocycles. The maximum Gasteiger partial charge on any atom is 0.295 e. The third-order valence-electron chi connectivity index (χ3n) is 5.65. The van der Waals surface area contributed by atoms with Crippen LogP contribution in [0.3, 0.4) is 0 Å². The van der Waals surface area contributed by atoms with Crippen LogP contribution in [-0.4, -0.2) is 48.6 Å². The van der Waals surface area contributed by atoms with Crippen molar-refractivity contribution in [1.82, 2.24) is 4.90 Å².